The van der Waals surface area contributed by atoms with Gasteiger partial charge in [-0.15, -0.1) is 0 Å². The van der Waals surface area contributed by atoms with Crippen LogP contribution < -0.4 is 10.5 Å². The van der Waals surface area contributed by atoms with E-state index in [1.807, 2.05) is 6.92 Å². The molecular weight excluding hydrogens is 271 g/mol. The lowest BCUT2D eigenvalue weighted by molar-refractivity contribution is -0.139. The number of halogens is 3. The molecule has 0 radical (unpaired) electrons. The summed E-state index contributed by atoms with van der Waals surface area (Å²) < 4.78 is 49.2. The van der Waals surface area contributed by atoms with Gasteiger partial charge in [-0.25, -0.2) is 0 Å². The topological polar surface area (TPSA) is 44.5 Å². The van der Waals surface area contributed by atoms with Crippen LogP contribution in [0.5, 0.6) is 5.75 Å². The third-order valence-corrected chi connectivity index (χ3v) is 2.62. The number of ether oxygens (including phenoxy) is 2. The van der Waals surface area contributed by atoms with Crippen LogP contribution in [0, 0.1) is 0 Å². The minimum Gasteiger partial charge on any atom is -0.491 e. The normalized spacial score (nSPS) is 11.7. The molecule has 0 aromatic heterocycles. The van der Waals surface area contributed by atoms with Crippen molar-refractivity contribution in [2.45, 2.75) is 25.9 Å². The third-order valence-electron chi connectivity index (χ3n) is 2.62. The molecule has 3 nitrogen and oxygen atoms in total. The average molecular weight is 291 g/mol. The van der Waals surface area contributed by atoms with Gasteiger partial charge in [0.2, 0.25) is 0 Å². The fraction of sp³-hybridized carbons (Fsp3) is 0.571. The number of nitrogens with two attached hydrogens (primary N) is 1. The predicted octanol–water partition coefficient (Wildman–Crippen LogP) is 3.01. The fourth-order valence-corrected chi connectivity index (χ4v) is 1.70. The Balaban J connectivity index is 2.73. The Morgan fingerprint density at radius 3 is 2.50 bits per heavy atom. The van der Waals surface area contributed by atoms with Crippen LogP contribution in [0.15, 0.2) is 18.2 Å². The molecule has 0 saturated heterocycles. The standard InChI is InChI=1S/C14H20F3NO2/c1-2-7-19-8-9-20-13-4-3-11(5-6-18)10-12(13)14(15,16)17/h3-4,10H,2,5-9,18H2,1H3. The first-order valence-corrected chi connectivity index (χ1v) is 6.59. The zero-order chi connectivity index (χ0) is 15.0. The summed E-state index contributed by atoms with van der Waals surface area (Å²) in [4.78, 5) is 0. The van der Waals surface area contributed by atoms with E-state index in [4.69, 9.17) is 15.2 Å². The van der Waals surface area contributed by atoms with E-state index in [0.29, 0.717) is 25.1 Å². The summed E-state index contributed by atoms with van der Waals surface area (Å²) in [5.74, 6) is -0.168. The van der Waals surface area contributed by atoms with Gasteiger partial charge in [0.25, 0.3) is 0 Å². The molecule has 0 aliphatic heterocycles. The zero-order valence-corrected chi connectivity index (χ0v) is 11.5. The SMILES string of the molecule is CCCOCCOc1ccc(CCN)cc1C(F)(F)F. The first kappa shape index (κ1) is 16.8. The quantitative estimate of drug-likeness (QED) is 0.749. The van der Waals surface area contributed by atoms with Crippen molar-refractivity contribution >= 4 is 0 Å². The van der Waals surface area contributed by atoms with Crippen molar-refractivity contribution in [3.8, 4) is 5.75 Å². The Kier molecular flexibility index (Phi) is 6.81. The maximum absolute atomic E-state index is 13.0. The van der Waals surface area contributed by atoms with Crippen LogP contribution in [-0.2, 0) is 17.3 Å². The van der Waals surface area contributed by atoms with E-state index in [1.54, 1.807) is 6.07 Å². The van der Waals surface area contributed by atoms with Crippen LogP contribution in [0.3, 0.4) is 0 Å². The summed E-state index contributed by atoms with van der Waals surface area (Å²) >= 11 is 0. The average Bonchev–Trinajstić information content (AvgIpc) is 2.39. The van der Waals surface area contributed by atoms with E-state index in [9.17, 15) is 13.2 Å². The van der Waals surface area contributed by atoms with Gasteiger partial charge in [0.15, 0.2) is 0 Å². The van der Waals surface area contributed by atoms with Gasteiger partial charge in [0, 0.05) is 6.61 Å². The van der Waals surface area contributed by atoms with E-state index < -0.39 is 11.7 Å². The number of alkyl halides is 3. The summed E-state index contributed by atoms with van der Waals surface area (Å²) in [5, 5.41) is 0. The highest BCUT2D eigenvalue weighted by molar-refractivity contribution is 5.39. The molecule has 0 fully saturated rings. The third kappa shape index (κ3) is 5.38. The Labute approximate surface area is 116 Å². The molecular formula is C14H20F3NO2. The van der Waals surface area contributed by atoms with Crippen molar-refractivity contribution in [1.29, 1.82) is 0 Å². The van der Waals surface area contributed by atoms with Gasteiger partial charge in [0.1, 0.15) is 12.4 Å². The van der Waals surface area contributed by atoms with Crippen LogP contribution in [0.2, 0.25) is 0 Å². The Bertz CT molecular complexity index is 408. The summed E-state index contributed by atoms with van der Waals surface area (Å²) in [6.07, 6.45) is -3.17. The monoisotopic (exact) mass is 291 g/mol. The lowest BCUT2D eigenvalue weighted by Gasteiger charge is -2.15. The van der Waals surface area contributed by atoms with Gasteiger partial charge < -0.3 is 15.2 Å². The second kappa shape index (κ2) is 8.11. The molecule has 0 spiro atoms. The van der Waals surface area contributed by atoms with E-state index in [-0.39, 0.29) is 19.0 Å². The van der Waals surface area contributed by atoms with Crippen molar-refractivity contribution in [3.63, 3.8) is 0 Å². The van der Waals surface area contributed by atoms with Gasteiger partial charge in [-0.2, -0.15) is 13.2 Å². The first-order valence-electron chi connectivity index (χ1n) is 6.59. The van der Waals surface area contributed by atoms with Gasteiger partial charge in [-0.05, 0) is 37.1 Å². The lowest BCUT2D eigenvalue weighted by Crippen LogP contribution is -2.13. The molecule has 1 rings (SSSR count). The summed E-state index contributed by atoms with van der Waals surface area (Å²) in [6, 6.07) is 4.03. The van der Waals surface area contributed by atoms with Crippen molar-refractivity contribution in [2.24, 2.45) is 5.73 Å². The van der Waals surface area contributed by atoms with Crippen molar-refractivity contribution in [3.05, 3.63) is 29.3 Å². The maximum atomic E-state index is 13.0. The fourth-order valence-electron chi connectivity index (χ4n) is 1.70. The van der Waals surface area contributed by atoms with E-state index in [2.05, 4.69) is 0 Å². The van der Waals surface area contributed by atoms with Crippen LogP contribution in [-0.4, -0.2) is 26.4 Å². The largest absolute Gasteiger partial charge is 0.491 e. The van der Waals surface area contributed by atoms with Crippen LogP contribution in [0.4, 0.5) is 13.2 Å². The maximum Gasteiger partial charge on any atom is 0.419 e. The van der Waals surface area contributed by atoms with Gasteiger partial charge >= 0.3 is 6.18 Å². The van der Waals surface area contributed by atoms with Crippen LogP contribution in [0.25, 0.3) is 0 Å². The van der Waals surface area contributed by atoms with Crippen LogP contribution >= 0.6 is 0 Å². The number of hydrogen-bond donors (Lipinski definition) is 1. The van der Waals surface area contributed by atoms with E-state index in [0.717, 1.165) is 12.5 Å². The predicted molar refractivity (Wildman–Crippen MR) is 70.8 cm³/mol. The number of rotatable bonds is 8. The molecule has 0 amide bonds. The molecule has 114 valence electrons. The van der Waals surface area contributed by atoms with E-state index in [1.165, 1.54) is 6.07 Å². The Morgan fingerprint density at radius 1 is 1.15 bits per heavy atom. The molecule has 1 aromatic carbocycles. The number of benzene rings is 1. The molecule has 1 aromatic rings. The zero-order valence-electron chi connectivity index (χ0n) is 11.5. The Hall–Kier alpha value is -1.27. The first-order chi connectivity index (χ1) is 9.49. The molecule has 0 aliphatic rings. The van der Waals surface area contributed by atoms with Crippen molar-refractivity contribution in [1.82, 2.24) is 0 Å². The number of hydrogen-bond acceptors (Lipinski definition) is 3. The van der Waals surface area contributed by atoms with Gasteiger partial charge in [-0.1, -0.05) is 13.0 Å². The molecule has 0 heterocycles. The molecule has 0 saturated carbocycles. The molecule has 0 aliphatic carbocycles. The second-order valence-electron chi connectivity index (χ2n) is 4.33. The molecule has 6 heteroatoms. The van der Waals surface area contributed by atoms with Gasteiger partial charge in [0.05, 0.1) is 12.2 Å². The Morgan fingerprint density at radius 2 is 1.90 bits per heavy atom. The van der Waals surface area contributed by atoms with Crippen molar-refractivity contribution < 1.29 is 22.6 Å². The summed E-state index contributed by atoms with van der Waals surface area (Å²) in [5.41, 5.74) is 5.14. The lowest BCUT2D eigenvalue weighted by atomic mass is 10.1. The smallest absolute Gasteiger partial charge is 0.419 e. The minimum atomic E-state index is -4.44. The second-order valence-corrected chi connectivity index (χ2v) is 4.33. The molecule has 20 heavy (non-hydrogen) atoms. The van der Waals surface area contributed by atoms with Crippen molar-refractivity contribution in [2.75, 3.05) is 26.4 Å². The van der Waals surface area contributed by atoms with Gasteiger partial charge in [-0.3, -0.25) is 0 Å². The summed E-state index contributed by atoms with van der Waals surface area (Å²) in [6.45, 7) is 3.21. The molecule has 0 atom stereocenters. The van der Waals surface area contributed by atoms with E-state index >= 15 is 0 Å². The highest BCUT2D eigenvalue weighted by atomic mass is 19.4. The highest BCUT2D eigenvalue weighted by Gasteiger charge is 2.34. The highest BCUT2D eigenvalue weighted by Crippen LogP contribution is 2.36. The van der Waals surface area contributed by atoms with Crippen LogP contribution in [0.1, 0.15) is 24.5 Å². The molecule has 2 N–H and O–H groups in total. The molecule has 0 bridgehead atoms. The summed E-state index contributed by atoms with van der Waals surface area (Å²) in [7, 11) is 0. The molecule has 0 unspecified atom stereocenters. The minimum absolute atomic E-state index is 0.0965.